The molecule has 0 spiro atoms. The zero-order valence-electron chi connectivity index (χ0n) is 14.6. The Bertz CT molecular complexity index is 1030. The van der Waals surface area contributed by atoms with Crippen LogP contribution in [0.5, 0.6) is 0 Å². The minimum absolute atomic E-state index is 0.176. The van der Waals surface area contributed by atoms with Crippen LogP contribution < -0.4 is 15.4 Å². The molecule has 0 amide bonds. The topological polar surface area (TPSA) is 70.2 Å². The number of sulfonamides is 1. The highest BCUT2D eigenvalue weighted by Gasteiger charge is 2.14. The Hall–Kier alpha value is -2.90. The normalized spacial score (nSPS) is 10.9. The first kappa shape index (κ1) is 18.9. The van der Waals surface area contributed by atoms with E-state index < -0.39 is 10.0 Å². The zero-order valence-corrected chi connectivity index (χ0v) is 16.3. The molecule has 0 bridgehead atoms. The van der Waals surface area contributed by atoms with Crippen LogP contribution in [0.4, 0.5) is 17.1 Å². The smallest absolute Gasteiger partial charge is 0.261 e. The second-order valence-electron chi connectivity index (χ2n) is 5.89. The second-order valence-corrected chi connectivity index (χ2v) is 7.98. The maximum Gasteiger partial charge on any atom is 0.261 e. The van der Waals surface area contributed by atoms with Gasteiger partial charge in [-0.25, -0.2) is 8.42 Å². The van der Waals surface area contributed by atoms with Gasteiger partial charge in [0.2, 0.25) is 0 Å². The number of rotatable bonds is 5. The predicted molar refractivity (Wildman–Crippen MR) is 115 cm³/mol. The van der Waals surface area contributed by atoms with Gasteiger partial charge in [0.25, 0.3) is 10.0 Å². The van der Waals surface area contributed by atoms with Crippen LogP contribution in [0.15, 0.2) is 83.8 Å². The van der Waals surface area contributed by atoms with Crippen LogP contribution in [0.2, 0.25) is 0 Å². The van der Waals surface area contributed by atoms with Crippen molar-refractivity contribution in [1.82, 2.24) is 0 Å². The molecule has 3 aromatic rings. The fourth-order valence-corrected chi connectivity index (χ4v) is 3.72. The molecule has 3 rings (SSSR count). The number of nitrogens with one attached hydrogen (secondary N) is 3. The van der Waals surface area contributed by atoms with Crippen molar-refractivity contribution in [2.75, 3.05) is 15.4 Å². The van der Waals surface area contributed by atoms with Crippen molar-refractivity contribution in [2.45, 2.75) is 11.8 Å². The maximum absolute atomic E-state index is 12.4. The van der Waals surface area contributed by atoms with E-state index in [1.165, 1.54) is 12.1 Å². The molecule has 0 aromatic heterocycles. The lowest BCUT2D eigenvalue weighted by Gasteiger charge is -2.13. The molecule has 3 aromatic carbocycles. The van der Waals surface area contributed by atoms with E-state index >= 15 is 0 Å². The Morgan fingerprint density at radius 1 is 0.778 bits per heavy atom. The summed E-state index contributed by atoms with van der Waals surface area (Å²) in [5.41, 5.74) is 3.21. The molecule has 0 radical (unpaired) electrons. The molecule has 0 aliphatic carbocycles. The lowest BCUT2D eigenvalue weighted by molar-refractivity contribution is 0.601. The summed E-state index contributed by atoms with van der Waals surface area (Å²) in [6.45, 7) is 1.99. The third-order valence-electron chi connectivity index (χ3n) is 3.84. The van der Waals surface area contributed by atoms with Gasteiger partial charge in [-0.2, -0.15) is 0 Å². The summed E-state index contributed by atoms with van der Waals surface area (Å²) in [4.78, 5) is 0.176. The molecule has 0 fully saturated rings. The highest BCUT2D eigenvalue weighted by molar-refractivity contribution is 7.92. The molecule has 0 saturated heterocycles. The molecule has 0 aliphatic rings. The van der Waals surface area contributed by atoms with Crippen molar-refractivity contribution in [2.24, 2.45) is 0 Å². The van der Waals surface area contributed by atoms with Crippen molar-refractivity contribution in [3.05, 3.63) is 84.4 Å². The van der Waals surface area contributed by atoms with Gasteiger partial charge in [0, 0.05) is 17.1 Å². The van der Waals surface area contributed by atoms with E-state index in [4.69, 9.17) is 12.2 Å². The standard InChI is InChI=1S/C20H19N3O2S2/c1-15-7-5-6-10-19(15)22-20(26)21-16-11-13-18(14-12-16)27(24,25)23-17-8-3-2-4-9-17/h2-14,23H,1H3,(H2,21,22,26). The average Bonchev–Trinajstić information content (AvgIpc) is 2.64. The van der Waals surface area contributed by atoms with Gasteiger partial charge in [-0.1, -0.05) is 36.4 Å². The van der Waals surface area contributed by atoms with Crippen LogP contribution in [-0.2, 0) is 10.0 Å². The fraction of sp³-hybridized carbons (Fsp3) is 0.0500. The summed E-state index contributed by atoms with van der Waals surface area (Å²) >= 11 is 5.32. The minimum atomic E-state index is -3.64. The zero-order chi connectivity index (χ0) is 19.3. The van der Waals surface area contributed by atoms with E-state index in [1.807, 2.05) is 37.3 Å². The minimum Gasteiger partial charge on any atom is -0.332 e. The van der Waals surface area contributed by atoms with Gasteiger partial charge in [0.1, 0.15) is 0 Å². The van der Waals surface area contributed by atoms with Crippen molar-refractivity contribution in [1.29, 1.82) is 0 Å². The molecule has 0 saturated carbocycles. The molecule has 0 atom stereocenters. The molecule has 3 N–H and O–H groups in total. The summed E-state index contributed by atoms with van der Waals surface area (Å²) in [7, 11) is -3.64. The number of anilines is 3. The second kappa shape index (κ2) is 8.20. The molecular formula is C20H19N3O2S2. The summed E-state index contributed by atoms with van der Waals surface area (Å²) in [5.74, 6) is 0. The number of benzene rings is 3. The Morgan fingerprint density at radius 3 is 2.07 bits per heavy atom. The van der Waals surface area contributed by atoms with Crippen LogP contribution in [0.25, 0.3) is 0 Å². The van der Waals surface area contributed by atoms with Crippen molar-refractivity contribution >= 4 is 44.4 Å². The third kappa shape index (κ3) is 5.06. The van der Waals surface area contributed by atoms with E-state index in [2.05, 4.69) is 15.4 Å². The van der Waals surface area contributed by atoms with Gasteiger partial charge in [-0.05, 0) is 67.2 Å². The van der Waals surface area contributed by atoms with E-state index in [0.29, 0.717) is 16.5 Å². The Kier molecular flexibility index (Phi) is 5.73. The number of aryl methyl sites for hydroxylation is 1. The Labute approximate surface area is 164 Å². The predicted octanol–water partition coefficient (Wildman–Crippen LogP) is 4.60. The molecule has 0 heterocycles. The summed E-state index contributed by atoms with van der Waals surface area (Å²) in [6, 6.07) is 23.0. The van der Waals surface area contributed by atoms with Crippen molar-refractivity contribution in [3.8, 4) is 0 Å². The van der Waals surface area contributed by atoms with Gasteiger partial charge in [0.05, 0.1) is 4.90 Å². The number of hydrogen-bond donors (Lipinski definition) is 3. The van der Waals surface area contributed by atoms with E-state index in [1.54, 1.807) is 36.4 Å². The first-order chi connectivity index (χ1) is 12.9. The largest absolute Gasteiger partial charge is 0.332 e. The quantitative estimate of drug-likeness (QED) is 0.549. The molecule has 138 valence electrons. The Balaban J connectivity index is 1.66. The molecule has 0 unspecified atom stereocenters. The first-order valence-electron chi connectivity index (χ1n) is 8.26. The Morgan fingerprint density at radius 2 is 1.41 bits per heavy atom. The van der Waals surface area contributed by atoms with Crippen LogP contribution in [0.3, 0.4) is 0 Å². The molecule has 27 heavy (non-hydrogen) atoms. The SMILES string of the molecule is Cc1ccccc1NC(=S)Nc1ccc(S(=O)(=O)Nc2ccccc2)cc1. The van der Waals surface area contributed by atoms with Crippen LogP contribution in [0.1, 0.15) is 5.56 Å². The molecule has 7 heteroatoms. The van der Waals surface area contributed by atoms with Crippen molar-refractivity contribution in [3.63, 3.8) is 0 Å². The van der Waals surface area contributed by atoms with Gasteiger partial charge < -0.3 is 10.6 Å². The maximum atomic E-state index is 12.4. The average molecular weight is 398 g/mol. The summed E-state index contributed by atoms with van der Waals surface area (Å²) < 4.78 is 27.4. The van der Waals surface area contributed by atoms with E-state index in [9.17, 15) is 8.42 Å². The van der Waals surface area contributed by atoms with Gasteiger partial charge in [-0.15, -0.1) is 0 Å². The van der Waals surface area contributed by atoms with E-state index in [0.717, 1.165) is 11.3 Å². The summed E-state index contributed by atoms with van der Waals surface area (Å²) in [6.07, 6.45) is 0. The fourth-order valence-electron chi connectivity index (χ4n) is 2.44. The monoisotopic (exact) mass is 397 g/mol. The third-order valence-corrected chi connectivity index (χ3v) is 5.44. The molecular weight excluding hydrogens is 378 g/mol. The van der Waals surface area contributed by atoms with Gasteiger partial charge >= 0.3 is 0 Å². The summed E-state index contributed by atoms with van der Waals surface area (Å²) in [5, 5.41) is 6.61. The first-order valence-corrected chi connectivity index (χ1v) is 10.1. The van der Waals surface area contributed by atoms with Gasteiger partial charge in [-0.3, -0.25) is 4.72 Å². The van der Waals surface area contributed by atoms with Crippen LogP contribution in [-0.4, -0.2) is 13.5 Å². The number of thiocarbonyl (C=S) groups is 1. The number of para-hydroxylation sites is 2. The van der Waals surface area contributed by atoms with Crippen molar-refractivity contribution < 1.29 is 8.42 Å². The molecule has 5 nitrogen and oxygen atoms in total. The van der Waals surface area contributed by atoms with Crippen LogP contribution >= 0.6 is 12.2 Å². The van der Waals surface area contributed by atoms with Crippen LogP contribution in [0, 0.1) is 6.92 Å². The molecule has 0 aliphatic heterocycles. The highest BCUT2D eigenvalue weighted by atomic mass is 32.2. The highest BCUT2D eigenvalue weighted by Crippen LogP contribution is 2.19. The van der Waals surface area contributed by atoms with Gasteiger partial charge in [0.15, 0.2) is 5.11 Å². The lowest BCUT2D eigenvalue weighted by atomic mass is 10.2. The lowest BCUT2D eigenvalue weighted by Crippen LogP contribution is -2.19. The number of hydrogen-bond acceptors (Lipinski definition) is 3. The van der Waals surface area contributed by atoms with E-state index in [-0.39, 0.29) is 4.90 Å².